The van der Waals surface area contributed by atoms with E-state index in [0.717, 1.165) is 30.4 Å². The largest absolute Gasteiger partial charge is 0.468 e. The molecule has 0 spiro atoms. The molecule has 0 fully saturated rings. The van der Waals surface area contributed by atoms with Gasteiger partial charge in [-0.15, -0.1) is 0 Å². The van der Waals surface area contributed by atoms with Crippen molar-refractivity contribution in [3.8, 4) is 11.1 Å². The summed E-state index contributed by atoms with van der Waals surface area (Å²) in [7, 11) is 1.34. The number of hydrogen-bond donors (Lipinski definition) is 3. The Hall–Kier alpha value is -3.59. The molecular weight excluding hydrogens is 498 g/mol. The summed E-state index contributed by atoms with van der Waals surface area (Å²) >= 11 is 0. The Morgan fingerprint density at radius 1 is 0.897 bits per heavy atom. The van der Waals surface area contributed by atoms with Gasteiger partial charge in [-0.05, 0) is 55.9 Å². The molecule has 3 rings (SSSR count). The van der Waals surface area contributed by atoms with Crippen molar-refractivity contribution in [2.45, 2.75) is 64.0 Å². The van der Waals surface area contributed by atoms with Crippen molar-refractivity contribution in [1.82, 2.24) is 16.0 Å². The summed E-state index contributed by atoms with van der Waals surface area (Å²) in [6.07, 6.45) is 2.23. The van der Waals surface area contributed by atoms with Crippen molar-refractivity contribution in [3.05, 3.63) is 59.7 Å². The third-order valence-electron chi connectivity index (χ3n) is 6.45. The van der Waals surface area contributed by atoms with Crippen molar-refractivity contribution in [2.75, 3.05) is 33.4 Å². The van der Waals surface area contributed by atoms with Crippen LogP contribution in [-0.4, -0.2) is 63.1 Å². The molecule has 9 heteroatoms. The fraction of sp³-hybridized carbons (Fsp3) is 0.500. The summed E-state index contributed by atoms with van der Waals surface area (Å²) in [5.74, 6) is -0.389. The summed E-state index contributed by atoms with van der Waals surface area (Å²) < 4.78 is 15.6. The van der Waals surface area contributed by atoms with E-state index in [9.17, 15) is 14.4 Å². The molecule has 39 heavy (non-hydrogen) atoms. The van der Waals surface area contributed by atoms with Crippen molar-refractivity contribution < 1.29 is 28.6 Å². The Balaban J connectivity index is 1.47. The number of benzene rings is 2. The minimum absolute atomic E-state index is 0.0171. The first-order valence-electron chi connectivity index (χ1n) is 13.5. The minimum Gasteiger partial charge on any atom is -0.468 e. The van der Waals surface area contributed by atoms with E-state index in [1.165, 1.54) is 18.2 Å². The molecule has 0 aliphatic heterocycles. The molecule has 1 aliphatic rings. The first-order chi connectivity index (χ1) is 18.7. The van der Waals surface area contributed by atoms with E-state index in [1.807, 2.05) is 45.0 Å². The van der Waals surface area contributed by atoms with Crippen LogP contribution >= 0.6 is 0 Å². The first kappa shape index (κ1) is 30.0. The van der Waals surface area contributed by atoms with Gasteiger partial charge < -0.3 is 30.2 Å². The van der Waals surface area contributed by atoms with Gasteiger partial charge in [0.1, 0.15) is 12.2 Å². The SMILES string of the molecule is COC(=O)CNC[C@@H](CCCCCNC(=O)OC(C)(C)C)NC(=O)OCC1c2ccccc2-c2ccccc21. The summed E-state index contributed by atoms with van der Waals surface area (Å²) in [6.45, 7) is 6.67. The number of methoxy groups -OCH3 is 1. The van der Waals surface area contributed by atoms with Crippen LogP contribution in [0, 0.1) is 0 Å². The topological polar surface area (TPSA) is 115 Å². The molecule has 212 valence electrons. The molecule has 2 aromatic rings. The van der Waals surface area contributed by atoms with Crippen LogP contribution < -0.4 is 16.0 Å². The summed E-state index contributed by atoms with van der Waals surface area (Å²) in [4.78, 5) is 36.1. The number of unbranched alkanes of at least 4 members (excludes halogenated alkanes) is 2. The van der Waals surface area contributed by atoms with Crippen molar-refractivity contribution in [1.29, 1.82) is 0 Å². The highest BCUT2D eigenvalue weighted by Gasteiger charge is 2.29. The average molecular weight is 540 g/mol. The average Bonchev–Trinajstić information content (AvgIpc) is 3.21. The highest BCUT2D eigenvalue weighted by Crippen LogP contribution is 2.44. The van der Waals surface area contributed by atoms with E-state index < -0.39 is 17.8 Å². The lowest BCUT2D eigenvalue weighted by Crippen LogP contribution is -2.43. The second-order valence-corrected chi connectivity index (χ2v) is 10.7. The number of amides is 2. The van der Waals surface area contributed by atoms with E-state index in [4.69, 9.17) is 9.47 Å². The zero-order valence-corrected chi connectivity index (χ0v) is 23.4. The van der Waals surface area contributed by atoms with E-state index in [0.29, 0.717) is 19.5 Å². The zero-order valence-electron chi connectivity index (χ0n) is 23.4. The van der Waals surface area contributed by atoms with E-state index in [-0.39, 0.29) is 31.1 Å². The van der Waals surface area contributed by atoms with Crippen LogP contribution in [0.15, 0.2) is 48.5 Å². The van der Waals surface area contributed by atoms with Gasteiger partial charge in [0.15, 0.2) is 0 Å². The second-order valence-electron chi connectivity index (χ2n) is 10.7. The highest BCUT2D eigenvalue weighted by atomic mass is 16.6. The maximum absolute atomic E-state index is 12.8. The van der Waals surface area contributed by atoms with Crippen LogP contribution in [0.5, 0.6) is 0 Å². The minimum atomic E-state index is -0.528. The number of ether oxygens (including phenoxy) is 3. The number of esters is 1. The number of carbonyl (C=O) groups is 3. The smallest absolute Gasteiger partial charge is 0.407 e. The molecule has 0 radical (unpaired) electrons. The summed E-state index contributed by atoms with van der Waals surface area (Å²) in [5, 5.41) is 8.74. The van der Waals surface area contributed by atoms with E-state index in [2.05, 4.69) is 45.0 Å². The highest BCUT2D eigenvalue weighted by molar-refractivity contribution is 5.79. The molecule has 2 amide bonds. The number of nitrogens with one attached hydrogen (secondary N) is 3. The van der Waals surface area contributed by atoms with Gasteiger partial charge >= 0.3 is 18.2 Å². The fourth-order valence-electron chi connectivity index (χ4n) is 4.65. The molecule has 0 saturated carbocycles. The van der Waals surface area contributed by atoms with Gasteiger partial charge in [0.2, 0.25) is 0 Å². The molecule has 0 heterocycles. The fourth-order valence-corrected chi connectivity index (χ4v) is 4.65. The number of fused-ring (bicyclic) bond motifs is 3. The Labute approximate surface area is 231 Å². The first-order valence-corrected chi connectivity index (χ1v) is 13.5. The summed E-state index contributed by atoms with van der Waals surface area (Å²) in [5.41, 5.74) is 4.13. The zero-order chi connectivity index (χ0) is 28.3. The van der Waals surface area contributed by atoms with Crippen LogP contribution in [0.1, 0.15) is 63.5 Å². The number of hydrogen-bond acceptors (Lipinski definition) is 7. The second kappa shape index (κ2) is 14.5. The van der Waals surface area contributed by atoms with E-state index in [1.54, 1.807) is 0 Å². The van der Waals surface area contributed by atoms with Crippen molar-refractivity contribution >= 4 is 18.2 Å². The van der Waals surface area contributed by atoms with Gasteiger partial charge in [-0.1, -0.05) is 61.4 Å². The van der Waals surface area contributed by atoms with Crippen LogP contribution in [0.25, 0.3) is 11.1 Å². The third kappa shape index (κ3) is 9.58. The molecule has 0 unspecified atom stereocenters. The molecule has 0 bridgehead atoms. The van der Waals surface area contributed by atoms with Crippen molar-refractivity contribution in [3.63, 3.8) is 0 Å². The normalized spacial score (nSPS) is 13.1. The third-order valence-corrected chi connectivity index (χ3v) is 6.45. The number of carbonyl (C=O) groups excluding carboxylic acids is 3. The summed E-state index contributed by atoms with van der Waals surface area (Å²) in [6, 6.07) is 16.2. The van der Waals surface area contributed by atoms with Gasteiger partial charge in [0.25, 0.3) is 0 Å². The van der Waals surface area contributed by atoms with Crippen molar-refractivity contribution in [2.24, 2.45) is 0 Å². The Bertz CT molecular complexity index is 1070. The van der Waals surface area contributed by atoms with Gasteiger partial charge in [0.05, 0.1) is 13.7 Å². The Kier molecular flexibility index (Phi) is 11.2. The monoisotopic (exact) mass is 539 g/mol. The van der Waals surface area contributed by atoms with Crippen LogP contribution in [0.4, 0.5) is 9.59 Å². The molecular formula is C30H41N3O6. The quantitative estimate of drug-likeness (QED) is 0.191. The van der Waals surface area contributed by atoms with Crippen LogP contribution in [-0.2, 0) is 19.0 Å². The molecule has 3 N–H and O–H groups in total. The van der Waals surface area contributed by atoms with Gasteiger partial charge in [-0.2, -0.15) is 0 Å². The maximum Gasteiger partial charge on any atom is 0.407 e. The van der Waals surface area contributed by atoms with Gasteiger partial charge in [-0.25, -0.2) is 9.59 Å². The molecule has 1 atom stereocenters. The number of alkyl carbamates (subject to hydrolysis) is 2. The Morgan fingerprint density at radius 3 is 2.15 bits per heavy atom. The molecule has 1 aliphatic carbocycles. The van der Waals surface area contributed by atoms with Gasteiger partial charge in [-0.3, -0.25) is 4.79 Å². The molecule has 0 aromatic heterocycles. The molecule has 9 nitrogen and oxygen atoms in total. The predicted molar refractivity (Wildman–Crippen MR) is 150 cm³/mol. The molecule has 2 aromatic carbocycles. The lowest BCUT2D eigenvalue weighted by atomic mass is 9.98. The lowest BCUT2D eigenvalue weighted by molar-refractivity contribution is -0.139. The number of rotatable bonds is 13. The van der Waals surface area contributed by atoms with E-state index >= 15 is 0 Å². The standard InChI is InChI=1S/C30H41N3O6/c1-30(2,3)39-28(35)32-17-11-5-6-12-21(18-31-19-27(34)37-4)33-29(36)38-20-26-24-15-9-7-13-22(24)23-14-8-10-16-25(23)26/h7-10,13-16,21,26,31H,5-6,11-12,17-20H2,1-4H3,(H,32,35)(H,33,36)/t21-/m1/s1. The maximum atomic E-state index is 12.8. The molecule has 0 saturated heterocycles. The van der Waals surface area contributed by atoms with Crippen LogP contribution in [0.2, 0.25) is 0 Å². The Morgan fingerprint density at radius 2 is 1.54 bits per heavy atom. The van der Waals surface area contributed by atoms with Crippen LogP contribution in [0.3, 0.4) is 0 Å². The lowest BCUT2D eigenvalue weighted by Gasteiger charge is -2.21. The predicted octanol–water partition coefficient (Wildman–Crippen LogP) is 4.74. The van der Waals surface area contributed by atoms with Gasteiger partial charge in [0, 0.05) is 25.0 Å².